The minimum Gasteiger partial charge on any atom is -0.384 e. The van der Waals surface area contributed by atoms with Crippen LogP contribution < -0.4 is 5.73 Å². The Morgan fingerprint density at radius 2 is 2.00 bits per heavy atom. The summed E-state index contributed by atoms with van der Waals surface area (Å²) in [6, 6.07) is 3.87. The third-order valence-electron chi connectivity index (χ3n) is 4.13. The number of rotatable bonds is 3. The molecule has 0 spiro atoms. The first-order valence-corrected chi connectivity index (χ1v) is 8.57. The molecule has 1 aliphatic heterocycles. The molecule has 3 N–H and O–H groups in total. The highest BCUT2D eigenvalue weighted by Crippen LogP contribution is 2.29. The molecule has 1 aliphatic rings. The molecule has 120 valence electrons. The van der Waals surface area contributed by atoms with Gasteiger partial charge in [0.2, 0.25) is 0 Å². The van der Waals surface area contributed by atoms with E-state index < -0.39 is 10.2 Å². The molecule has 8 nitrogen and oxygen atoms in total. The number of aromatic nitrogens is 3. The van der Waals surface area contributed by atoms with Crippen molar-refractivity contribution in [2.75, 3.05) is 32.9 Å². The summed E-state index contributed by atoms with van der Waals surface area (Å²) in [5, 5.41) is 7.61. The molecular formula is C13H20N6O2S. The van der Waals surface area contributed by atoms with E-state index in [0.29, 0.717) is 24.6 Å². The number of pyridine rings is 1. The summed E-state index contributed by atoms with van der Waals surface area (Å²) in [6.07, 6.45) is 1.51. The second-order valence-electron chi connectivity index (χ2n) is 5.71. The van der Waals surface area contributed by atoms with E-state index in [-0.39, 0.29) is 5.92 Å². The quantitative estimate of drug-likeness (QED) is 0.856. The number of piperidine rings is 1. The van der Waals surface area contributed by atoms with Crippen LogP contribution in [0.15, 0.2) is 12.1 Å². The summed E-state index contributed by atoms with van der Waals surface area (Å²) >= 11 is 0. The van der Waals surface area contributed by atoms with Crippen LogP contribution in [0.25, 0.3) is 11.0 Å². The van der Waals surface area contributed by atoms with E-state index in [0.717, 1.165) is 23.9 Å². The van der Waals surface area contributed by atoms with Crippen LogP contribution in [0.2, 0.25) is 0 Å². The Morgan fingerprint density at radius 1 is 1.32 bits per heavy atom. The minimum absolute atomic E-state index is 0.246. The van der Waals surface area contributed by atoms with E-state index in [2.05, 4.69) is 15.2 Å². The molecule has 3 heterocycles. The van der Waals surface area contributed by atoms with E-state index >= 15 is 0 Å². The fourth-order valence-corrected chi connectivity index (χ4v) is 3.91. The lowest BCUT2D eigenvalue weighted by molar-refractivity contribution is 0.300. The van der Waals surface area contributed by atoms with Gasteiger partial charge in [0.1, 0.15) is 5.82 Å². The summed E-state index contributed by atoms with van der Waals surface area (Å²) in [5.41, 5.74) is 7.32. The van der Waals surface area contributed by atoms with Crippen molar-refractivity contribution < 1.29 is 8.42 Å². The van der Waals surface area contributed by atoms with E-state index in [1.165, 1.54) is 8.61 Å². The molecule has 0 aliphatic carbocycles. The number of nitrogens with zero attached hydrogens (tertiary/aromatic N) is 4. The van der Waals surface area contributed by atoms with Crippen molar-refractivity contribution >= 4 is 27.1 Å². The predicted octanol–water partition coefficient (Wildman–Crippen LogP) is 0.526. The summed E-state index contributed by atoms with van der Waals surface area (Å²) < 4.78 is 27.0. The number of fused-ring (bicyclic) bond motifs is 1. The smallest absolute Gasteiger partial charge is 0.281 e. The lowest BCUT2D eigenvalue weighted by atomic mass is 9.94. The number of hydrogen-bond donors (Lipinski definition) is 2. The number of aromatic amines is 1. The average Bonchev–Trinajstić information content (AvgIpc) is 2.88. The molecule has 22 heavy (non-hydrogen) atoms. The molecule has 3 rings (SSSR count). The van der Waals surface area contributed by atoms with E-state index in [4.69, 9.17) is 5.73 Å². The van der Waals surface area contributed by atoms with Gasteiger partial charge in [-0.3, -0.25) is 5.10 Å². The fraction of sp³-hybridized carbons (Fsp3) is 0.538. The van der Waals surface area contributed by atoms with Gasteiger partial charge in [0.25, 0.3) is 10.2 Å². The van der Waals surface area contributed by atoms with Crippen LogP contribution in [0.1, 0.15) is 24.5 Å². The highest BCUT2D eigenvalue weighted by Gasteiger charge is 2.30. The Kier molecular flexibility index (Phi) is 3.79. The van der Waals surface area contributed by atoms with Gasteiger partial charge in [0.15, 0.2) is 5.65 Å². The molecule has 0 radical (unpaired) electrons. The van der Waals surface area contributed by atoms with Crippen molar-refractivity contribution in [3.63, 3.8) is 0 Å². The molecular weight excluding hydrogens is 304 g/mol. The lowest BCUT2D eigenvalue weighted by Gasteiger charge is -2.32. The molecule has 2 aromatic rings. The maximum Gasteiger partial charge on any atom is 0.281 e. The first-order valence-electron chi connectivity index (χ1n) is 7.17. The Bertz CT molecular complexity index is 777. The van der Waals surface area contributed by atoms with Gasteiger partial charge < -0.3 is 5.73 Å². The lowest BCUT2D eigenvalue weighted by Crippen LogP contribution is -2.44. The first-order chi connectivity index (χ1) is 10.4. The maximum absolute atomic E-state index is 12.1. The monoisotopic (exact) mass is 324 g/mol. The summed E-state index contributed by atoms with van der Waals surface area (Å²) in [4.78, 5) is 4.54. The van der Waals surface area contributed by atoms with Crippen LogP contribution in [0.4, 0.5) is 5.82 Å². The Morgan fingerprint density at radius 3 is 2.64 bits per heavy atom. The van der Waals surface area contributed by atoms with Crippen LogP contribution >= 0.6 is 0 Å². The van der Waals surface area contributed by atoms with Crippen molar-refractivity contribution in [2.24, 2.45) is 0 Å². The largest absolute Gasteiger partial charge is 0.384 e. The van der Waals surface area contributed by atoms with Crippen molar-refractivity contribution in [3.8, 4) is 0 Å². The van der Waals surface area contributed by atoms with Gasteiger partial charge >= 0.3 is 0 Å². The van der Waals surface area contributed by atoms with Crippen LogP contribution in [-0.4, -0.2) is 59.4 Å². The average molecular weight is 324 g/mol. The van der Waals surface area contributed by atoms with Gasteiger partial charge in [-0.15, -0.1) is 0 Å². The Balaban J connectivity index is 1.75. The molecule has 0 aromatic carbocycles. The number of hydrogen-bond acceptors (Lipinski definition) is 5. The van der Waals surface area contributed by atoms with E-state index in [1.54, 1.807) is 14.1 Å². The number of nitrogen functional groups attached to an aromatic ring is 1. The molecule has 0 saturated carbocycles. The van der Waals surface area contributed by atoms with Crippen molar-refractivity contribution in [1.82, 2.24) is 23.8 Å². The predicted molar refractivity (Wildman–Crippen MR) is 84.5 cm³/mol. The van der Waals surface area contributed by atoms with E-state index in [1.807, 2.05) is 12.1 Å². The molecule has 0 bridgehead atoms. The topological polar surface area (TPSA) is 108 Å². The highest BCUT2D eigenvalue weighted by molar-refractivity contribution is 7.86. The van der Waals surface area contributed by atoms with Gasteiger partial charge in [0, 0.05) is 38.8 Å². The number of nitrogens with one attached hydrogen (secondary N) is 1. The zero-order valence-corrected chi connectivity index (χ0v) is 13.5. The van der Waals surface area contributed by atoms with Crippen LogP contribution in [0, 0.1) is 0 Å². The molecule has 0 atom stereocenters. The third kappa shape index (κ3) is 2.55. The summed E-state index contributed by atoms with van der Waals surface area (Å²) in [5.74, 6) is 0.761. The maximum atomic E-state index is 12.1. The normalized spacial score (nSPS) is 18.3. The first kappa shape index (κ1) is 15.2. The van der Waals surface area contributed by atoms with Gasteiger partial charge in [-0.2, -0.15) is 22.1 Å². The zero-order valence-electron chi connectivity index (χ0n) is 12.7. The van der Waals surface area contributed by atoms with Gasteiger partial charge in [-0.05, 0) is 25.0 Å². The molecule has 1 fully saturated rings. The SMILES string of the molecule is CN(C)S(=O)(=O)N1CCC(c2ccc3c(N)[nH]nc3n2)CC1. The van der Waals surface area contributed by atoms with Crippen LogP contribution in [0.5, 0.6) is 0 Å². The minimum atomic E-state index is -3.32. The second kappa shape index (κ2) is 5.49. The van der Waals surface area contributed by atoms with Gasteiger partial charge in [-0.1, -0.05) is 0 Å². The molecule has 0 unspecified atom stereocenters. The summed E-state index contributed by atoms with van der Waals surface area (Å²) in [6.45, 7) is 1.02. The molecule has 9 heteroatoms. The summed E-state index contributed by atoms with van der Waals surface area (Å²) in [7, 11) is -0.216. The molecule has 1 saturated heterocycles. The standard InChI is InChI=1S/C13H20N6O2S/c1-18(2)22(20,21)19-7-5-9(6-8-19)11-4-3-10-12(14)16-17-13(10)15-11/h3-4,9H,5-8H2,1-2H3,(H3,14,15,16,17). The van der Waals surface area contributed by atoms with Crippen molar-refractivity contribution in [2.45, 2.75) is 18.8 Å². The van der Waals surface area contributed by atoms with Crippen molar-refractivity contribution in [1.29, 1.82) is 0 Å². The Labute approximate surface area is 129 Å². The van der Waals surface area contributed by atoms with Crippen LogP contribution in [0.3, 0.4) is 0 Å². The van der Waals surface area contributed by atoms with Gasteiger partial charge in [-0.25, -0.2) is 4.98 Å². The zero-order chi connectivity index (χ0) is 15.9. The highest BCUT2D eigenvalue weighted by atomic mass is 32.2. The third-order valence-corrected chi connectivity index (χ3v) is 6.07. The molecule has 2 aromatic heterocycles. The Hall–Kier alpha value is -1.71. The molecule has 0 amide bonds. The number of nitrogens with two attached hydrogens (primary N) is 1. The second-order valence-corrected chi connectivity index (χ2v) is 7.85. The van der Waals surface area contributed by atoms with Gasteiger partial charge in [0.05, 0.1) is 5.39 Å². The fourth-order valence-electron chi connectivity index (χ4n) is 2.77. The van der Waals surface area contributed by atoms with Crippen molar-refractivity contribution in [3.05, 3.63) is 17.8 Å². The van der Waals surface area contributed by atoms with E-state index in [9.17, 15) is 8.42 Å². The number of H-pyrrole nitrogens is 1. The number of anilines is 1. The van der Waals surface area contributed by atoms with Crippen LogP contribution in [-0.2, 0) is 10.2 Å².